The zero-order valence-electron chi connectivity index (χ0n) is 14.2. The highest BCUT2D eigenvalue weighted by molar-refractivity contribution is 7.71. The molecule has 7 nitrogen and oxygen atoms in total. The van der Waals surface area contributed by atoms with Gasteiger partial charge in [-0.15, -0.1) is 0 Å². The van der Waals surface area contributed by atoms with E-state index in [-0.39, 0.29) is 12.4 Å². The van der Waals surface area contributed by atoms with Gasteiger partial charge in [0, 0.05) is 6.07 Å². The van der Waals surface area contributed by atoms with Gasteiger partial charge in [0.1, 0.15) is 0 Å². The van der Waals surface area contributed by atoms with Crippen molar-refractivity contribution in [3.05, 3.63) is 51.0 Å². The summed E-state index contributed by atoms with van der Waals surface area (Å²) < 4.78 is 23.1. The van der Waals surface area contributed by atoms with E-state index < -0.39 is 0 Å². The summed E-state index contributed by atoms with van der Waals surface area (Å²) in [6.07, 6.45) is 0. The van der Waals surface area contributed by atoms with E-state index in [1.807, 2.05) is 18.2 Å². The van der Waals surface area contributed by atoms with Crippen LogP contribution in [0.25, 0.3) is 10.9 Å². The fourth-order valence-electron chi connectivity index (χ4n) is 2.95. The molecule has 4 rings (SSSR count). The lowest BCUT2D eigenvalue weighted by Gasteiger charge is -2.12. The SMILES string of the molecule is COc1cc2[nH]c(=S)n(Cc3ccc4c(c3)OCO4)c(=O)c2cc1OC. The molecule has 0 bridgehead atoms. The summed E-state index contributed by atoms with van der Waals surface area (Å²) in [5.74, 6) is 2.37. The Morgan fingerprint density at radius 3 is 2.62 bits per heavy atom. The number of nitrogens with zero attached hydrogens (tertiary/aromatic N) is 1. The molecule has 1 N–H and O–H groups in total. The number of hydrogen-bond acceptors (Lipinski definition) is 6. The van der Waals surface area contributed by atoms with Crippen molar-refractivity contribution in [1.29, 1.82) is 0 Å². The zero-order valence-corrected chi connectivity index (χ0v) is 15.0. The number of benzene rings is 2. The Morgan fingerprint density at radius 2 is 1.85 bits per heavy atom. The second-order valence-corrected chi connectivity index (χ2v) is 6.15. The van der Waals surface area contributed by atoms with E-state index in [9.17, 15) is 4.79 Å². The van der Waals surface area contributed by atoms with Gasteiger partial charge >= 0.3 is 0 Å². The average Bonchev–Trinajstić information content (AvgIpc) is 3.12. The van der Waals surface area contributed by atoms with Gasteiger partial charge in [0.25, 0.3) is 5.56 Å². The number of ether oxygens (including phenoxy) is 4. The molecule has 1 aromatic heterocycles. The normalized spacial score (nSPS) is 12.4. The molecule has 3 aromatic rings. The molecule has 0 fully saturated rings. The van der Waals surface area contributed by atoms with Gasteiger partial charge < -0.3 is 23.9 Å². The van der Waals surface area contributed by atoms with Gasteiger partial charge in [0.15, 0.2) is 27.8 Å². The Labute approximate surface area is 153 Å². The number of hydrogen-bond donors (Lipinski definition) is 1. The van der Waals surface area contributed by atoms with Crippen LogP contribution in [-0.4, -0.2) is 30.6 Å². The first-order valence-electron chi connectivity index (χ1n) is 7.88. The predicted octanol–water partition coefficient (Wildman–Crippen LogP) is 2.85. The maximum absolute atomic E-state index is 13.0. The van der Waals surface area contributed by atoms with Gasteiger partial charge in [-0.05, 0) is 36.0 Å². The first kappa shape index (κ1) is 16.5. The summed E-state index contributed by atoms with van der Waals surface area (Å²) in [7, 11) is 3.07. The summed E-state index contributed by atoms with van der Waals surface area (Å²) in [5.41, 5.74) is 1.28. The summed E-state index contributed by atoms with van der Waals surface area (Å²) >= 11 is 5.39. The Balaban J connectivity index is 1.82. The van der Waals surface area contributed by atoms with E-state index in [0.717, 1.165) is 5.56 Å². The van der Waals surface area contributed by atoms with E-state index in [1.165, 1.54) is 11.7 Å². The molecule has 2 heterocycles. The largest absolute Gasteiger partial charge is 0.493 e. The molecule has 0 amide bonds. The van der Waals surface area contributed by atoms with Crippen LogP contribution in [0.5, 0.6) is 23.0 Å². The van der Waals surface area contributed by atoms with Gasteiger partial charge in [-0.2, -0.15) is 0 Å². The van der Waals surface area contributed by atoms with Crippen LogP contribution in [-0.2, 0) is 6.54 Å². The smallest absolute Gasteiger partial charge is 0.262 e. The molecule has 134 valence electrons. The van der Waals surface area contributed by atoms with Gasteiger partial charge in [0.2, 0.25) is 6.79 Å². The molecular weight excluding hydrogens is 356 g/mol. The summed E-state index contributed by atoms with van der Waals surface area (Å²) in [6.45, 7) is 0.519. The Kier molecular flexibility index (Phi) is 4.04. The highest BCUT2D eigenvalue weighted by Crippen LogP contribution is 2.33. The third-order valence-electron chi connectivity index (χ3n) is 4.26. The summed E-state index contributed by atoms with van der Waals surface area (Å²) in [6, 6.07) is 8.91. The molecule has 26 heavy (non-hydrogen) atoms. The first-order chi connectivity index (χ1) is 12.6. The Morgan fingerprint density at radius 1 is 1.12 bits per heavy atom. The number of rotatable bonds is 4. The van der Waals surface area contributed by atoms with Crippen LogP contribution < -0.4 is 24.5 Å². The molecule has 1 aliphatic heterocycles. The summed E-state index contributed by atoms with van der Waals surface area (Å²) in [5, 5.41) is 0.469. The molecule has 0 aliphatic carbocycles. The zero-order chi connectivity index (χ0) is 18.3. The van der Waals surface area contributed by atoms with Gasteiger partial charge in [-0.3, -0.25) is 9.36 Å². The second kappa shape index (κ2) is 6.38. The van der Waals surface area contributed by atoms with Crippen LogP contribution >= 0.6 is 12.2 Å². The van der Waals surface area contributed by atoms with Crippen molar-refractivity contribution in [2.24, 2.45) is 0 Å². The summed E-state index contributed by atoms with van der Waals surface area (Å²) in [4.78, 5) is 16.1. The number of fused-ring (bicyclic) bond motifs is 2. The van der Waals surface area contributed by atoms with Crippen LogP contribution in [0.3, 0.4) is 0 Å². The lowest BCUT2D eigenvalue weighted by molar-refractivity contribution is 0.174. The van der Waals surface area contributed by atoms with E-state index >= 15 is 0 Å². The maximum atomic E-state index is 13.0. The molecule has 0 saturated heterocycles. The van der Waals surface area contributed by atoms with Crippen molar-refractivity contribution in [3.8, 4) is 23.0 Å². The van der Waals surface area contributed by atoms with Crippen molar-refractivity contribution in [1.82, 2.24) is 9.55 Å². The highest BCUT2D eigenvalue weighted by atomic mass is 32.1. The molecular formula is C18H16N2O5S. The minimum absolute atomic E-state index is 0.205. The molecule has 1 aliphatic rings. The number of methoxy groups -OCH3 is 2. The average molecular weight is 372 g/mol. The topological polar surface area (TPSA) is 74.7 Å². The molecule has 0 radical (unpaired) electrons. The van der Waals surface area contributed by atoms with Crippen LogP contribution in [0.15, 0.2) is 35.1 Å². The predicted molar refractivity (Wildman–Crippen MR) is 98.2 cm³/mol. The van der Waals surface area contributed by atoms with Crippen molar-refractivity contribution < 1.29 is 18.9 Å². The second-order valence-electron chi connectivity index (χ2n) is 5.76. The number of H-pyrrole nitrogens is 1. The third kappa shape index (κ3) is 2.68. The van der Waals surface area contributed by atoms with Crippen LogP contribution in [0.4, 0.5) is 0 Å². The quantitative estimate of drug-likeness (QED) is 0.710. The number of aromatic nitrogens is 2. The van der Waals surface area contributed by atoms with Gasteiger partial charge in [-0.25, -0.2) is 0 Å². The van der Waals surface area contributed by atoms with E-state index in [4.69, 9.17) is 31.2 Å². The van der Waals surface area contributed by atoms with Gasteiger partial charge in [-0.1, -0.05) is 6.07 Å². The van der Waals surface area contributed by atoms with E-state index in [1.54, 1.807) is 19.2 Å². The molecule has 8 heteroatoms. The van der Waals surface area contributed by atoms with E-state index in [2.05, 4.69) is 4.98 Å². The molecule has 0 atom stereocenters. The van der Waals surface area contributed by atoms with Crippen molar-refractivity contribution >= 4 is 23.1 Å². The van der Waals surface area contributed by atoms with Crippen LogP contribution in [0.2, 0.25) is 0 Å². The monoisotopic (exact) mass is 372 g/mol. The fraction of sp³-hybridized carbons (Fsp3) is 0.222. The Hall–Kier alpha value is -3.00. The highest BCUT2D eigenvalue weighted by Gasteiger charge is 2.15. The van der Waals surface area contributed by atoms with E-state index in [0.29, 0.717) is 45.2 Å². The number of aromatic amines is 1. The van der Waals surface area contributed by atoms with Crippen molar-refractivity contribution in [2.75, 3.05) is 21.0 Å². The molecule has 0 unspecified atom stereocenters. The lowest BCUT2D eigenvalue weighted by atomic mass is 10.2. The third-order valence-corrected chi connectivity index (χ3v) is 4.59. The van der Waals surface area contributed by atoms with Gasteiger partial charge in [0.05, 0.1) is 31.7 Å². The number of nitrogens with one attached hydrogen (secondary N) is 1. The standard InChI is InChI=1S/C18H16N2O5S/c1-22-14-6-11-12(7-15(14)23-2)19-18(26)20(17(11)21)8-10-3-4-13-16(5-10)25-9-24-13/h3-7H,8-9H2,1-2H3,(H,19,26). The lowest BCUT2D eigenvalue weighted by Crippen LogP contribution is -2.22. The maximum Gasteiger partial charge on any atom is 0.262 e. The minimum Gasteiger partial charge on any atom is -0.493 e. The van der Waals surface area contributed by atoms with Crippen LogP contribution in [0.1, 0.15) is 5.56 Å². The fourth-order valence-corrected chi connectivity index (χ4v) is 3.20. The van der Waals surface area contributed by atoms with Crippen LogP contribution in [0, 0.1) is 4.77 Å². The Bertz CT molecular complexity index is 1120. The van der Waals surface area contributed by atoms with Crippen molar-refractivity contribution in [3.63, 3.8) is 0 Å². The van der Waals surface area contributed by atoms with Crippen molar-refractivity contribution in [2.45, 2.75) is 6.54 Å². The molecule has 0 saturated carbocycles. The minimum atomic E-state index is -0.206. The first-order valence-corrected chi connectivity index (χ1v) is 8.29. The molecule has 2 aromatic carbocycles. The molecule has 0 spiro atoms.